The summed E-state index contributed by atoms with van der Waals surface area (Å²) in [6.45, 7) is 6.55. The molecule has 0 bridgehead atoms. The van der Waals surface area contributed by atoms with E-state index in [0.29, 0.717) is 17.9 Å². The molecule has 0 aliphatic carbocycles. The first-order valence-corrected chi connectivity index (χ1v) is 11.3. The third-order valence-electron chi connectivity index (χ3n) is 6.37. The molecule has 0 radical (unpaired) electrons. The molecular formula is C25H28N6O. The molecular weight excluding hydrogens is 400 g/mol. The third kappa shape index (κ3) is 3.96. The number of hydrogen-bond donors (Lipinski definition) is 1. The summed E-state index contributed by atoms with van der Waals surface area (Å²) in [5.74, 6) is 0.713. The number of aromatic nitrogens is 5. The van der Waals surface area contributed by atoms with Gasteiger partial charge in [0.15, 0.2) is 5.82 Å². The molecule has 1 N–H and O–H groups in total. The molecule has 0 saturated carbocycles. The Balaban J connectivity index is 1.64. The number of piperidine rings is 1. The SMILES string of the molecule is Cc1cc(C)c2cc([C@@H](c3nnnn3Cc3ccccc3)N3CCCCC3)c(=O)[nH]c2c1. The molecule has 2 aromatic heterocycles. The number of aromatic amines is 1. The molecule has 5 rings (SSSR count). The van der Waals surface area contributed by atoms with E-state index in [1.807, 2.05) is 41.9 Å². The molecule has 4 aromatic rings. The molecule has 1 atom stereocenters. The molecule has 32 heavy (non-hydrogen) atoms. The molecule has 0 unspecified atom stereocenters. The number of aryl methyl sites for hydroxylation is 2. The summed E-state index contributed by atoms with van der Waals surface area (Å²) in [6, 6.07) is 16.1. The molecule has 164 valence electrons. The van der Waals surface area contributed by atoms with E-state index in [4.69, 9.17) is 0 Å². The minimum Gasteiger partial charge on any atom is -0.322 e. The summed E-state index contributed by atoms with van der Waals surface area (Å²) in [5, 5.41) is 13.8. The van der Waals surface area contributed by atoms with Gasteiger partial charge in [-0.3, -0.25) is 9.69 Å². The second kappa shape index (κ2) is 8.67. The highest BCUT2D eigenvalue weighted by Gasteiger charge is 2.31. The van der Waals surface area contributed by atoms with Crippen LogP contribution in [0.1, 0.15) is 53.4 Å². The fourth-order valence-corrected chi connectivity index (χ4v) is 4.84. The van der Waals surface area contributed by atoms with Crippen molar-refractivity contribution in [3.63, 3.8) is 0 Å². The number of tetrazole rings is 1. The molecule has 3 heterocycles. The molecule has 0 amide bonds. The molecule has 1 aliphatic rings. The number of hydrogen-bond acceptors (Lipinski definition) is 5. The molecule has 2 aromatic carbocycles. The van der Waals surface area contributed by atoms with E-state index in [1.54, 1.807) is 0 Å². The highest BCUT2D eigenvalue weighted by molar-refractivity contribution is 5.83. The summed E-state index contributed by atoms with van der Waals surface area (Å²) in [5.41, 5.74) is 4.91. The molecule has 1 saturated heterocycles. The van der Waals surface area contributed by atoms with E-state index in [-0.39, 0.29) is 11.6 Å². The van der Waals surface area contributed by atoms with Crippen molar-refractivity contribution in [1.29, 1.82) is 0 Å². The van der Waals surface area contributed by atoms with Crippen LogP contribution in [0.15, 0.2) is 53.3 Å². The van der Waals surface area contributed by atoms with Crippen LogP contribution in [-0.2, 0) is 6.54 Å². The summed E-state index contributed by atoms with van der Waals surface area (Å²) >= 11 is 0. The summed E-state index contributed by atoms with van der Waals surface area (Å²) in [6.07, 6.45) is 3.44. The van der Waals surface area contributed by atoms with Crippen LogP contribution in [0.2, 0.25) is 0 Å². The fourth-order valence-electron chi connectivity index (χ4n) is 4.84. The lowest BCUT2D eigenvalue weighted by Crippen LogP contribution is -2.38. The zero-order valence-corrected chi connectivity index (χ0v) is 18.6. The van der Waals surface area contributed by atoms with Crippen molar-refractivity contribution in [3.8, 4) is 0 Å². The van der Waals surface area contributed by atoms with Crippen LogP contribution in [0.5, 0.6) is 0 Å². The Labute approximate surface area is 187 Å². The minimum absolute atomic E-state index is 0.0765. The molecule has 7 nitrogen and oxygen atoms in total. The number of benzene rings is 2. The smallest absolute Gasteiger partial charge is 0.253 e. The van der Waals surface area contributed by atoms with Gasteiger partial charge in [-0.05, 0) is 79.0 Å². The second-order valence-electron chi connectivity index (χ2n) is 8.78. The van der Waals surface area contributed by atoms with Crippen LogP contribution in [0.3, 0.4) is 0 Å². The van der Waals surface area contributed by atoms with Crippen molar-refractivity contribution in [2.45, 2.75) is 45.7 Å². The highest BCUT2D eigenvalue weighted by atomic mass is 16.1. The monoisotopic (exact) mass is 428 g/mol. The first kappa shape index (κ1) is 20.6. The quantitative estimate of drug-likeness (QED) is 0.524. The Morgan fingerprint density at radius 2 is 1.81 bits per heavy atom. The second-order valence-corrected chi connectivity index (χ2v) is 8.78. The molecule has 1 fully saturated rings. The van der Waals surface area contributed by atoms with Gasteiger partial charge in [0.1, 0.15) is 6.04 Å². The maximum atomic E-state index is 13.3. The fraction of sp³-hybridized carbons (Fsp3) is 0.360. The summed E-state index contributed by atoms with van der Waals surface area (Å²) in [4.78, 5) is 18.8. The van der Waals surface area contributed by atoms with Gasteiger partial charge in [0.2, 0.25) is 0 Å². The Hall–Kier alpha value is -3.32. The normalized spacial score (nSPS) is 15.8. The van der Waals surface area contributed by atoms with Gasteiger partial charge >= 0.3 is 0 Å². The summed E-state index contributed by atoms with van der Waals surface area (Å²) < 4.78 is 1.83. The van der Waals surface area contributed by atoms with Crippen molar-refractivity contribution in [2.24, 2.45) is 0 Å². The van der Waals surface area contributed by atoms with Crippen molar-refractivity contribution in [1.82, 2.24) is 30.1 Å². The first-order valence-electron chi connectivity index (χ1n) is 11.3. The zero-order chi connectivity index (χ0) is 22.1. The van der Waals surface area contributed by atoms with Crippen LogP contribution in [-0.4, -0.2) is 43.2 Å². The van der Waals surface area contributed by atoms with Crippen LogP contribution in [0, 0.1) is 13.8 Å². The van der Waals surface area contributed by atoms with E-state index in [1.165, 1.54) is 6.42 Å². The van der Waals surface area contributed by atoms with Crippen molar-refractivity contribution in [2.75, 3.05) is 13.1 Å². The largest absolute Gasteiger partial charge is 0.322 e. The molecule has 7 heteroatoms. The Morgan fingerprint density at radius 1 is 1.03 bits per heavy atom. The van der Waals surface area contributed by atoms with Gasteiger partial charge in [-0.2, -0.15) is 0 Å². The number of fused-ring (bicyclic) bond motifs is 1. The number of likely N-dealkylation sites (tertiary alicyclic amines) is 1. The number of nitrogens with zero attached hydrogens (tertiary/aromatic N) is 5. The highest BCUT2D eigenvalue weighted by Crippen LogP contribution is 2.30. The number of H-pyrrole nitrogens is 1. The van der Waals surface area contributed by atoms with Crippen LogP contribution >= 0.6 is 0 Å². The lowest BCUT2D eigenvalue weighted by molar-refractivity contribution is 0.177. The topological polar surface area (TPSA) is 79.7 Å². The maximum Gasteiger partial charge on any atom is 0.253 e. The maximum absolute atomic E-state index is 13.3. The van der Waals surface area contributed by atoms with Gasteiger partial charge in [0.25, 0.3) is 5.56 Å². The van der Waals surface area contributed by atoms with E-state index in [2.05, 4.69) is 50.5 Å². The minimum atomic E-state index is -0.289. The predicted molar refractivity (Wildman–Crippen MR) is 125 cm³/mol. The van der Waals surface area contributed by atoms with Gasteiger partial charge in [-0.1, -0.05) is 42.8 Å². The van der Waals surface area contributed by atoms with Gasteiger partial charge in [0.05, 0.1) is 6.54 Å². The Kier molecular flexibility index (Phi) is 5.57. The van der Waals surface area contributed by atoms with Crippen molar-refractivity contribution >= 4 is 10.9 Å². The van der Waals surface area contributed by atoms with E-state index in [0.717, 1.165) is 53.5 Å². The number of pyridine rings is 1. The summed E-state index contributed by atoms with van der Waals surface area (Å²) in [7, 11) is 0. The average molecular weight is 429 g/mol. The van der Waals surface area contributed by atoms with Gasteiger partial charge in [-0.15, -0.1) is 5.10 Å². The third-order valence-corrected chi connectivity index (χ3v) is 6.37. The van der Waals surface area contributed by atoms with Crippen LogP contribution < -0.4 is 5.56 Å². The van der Waals surface area contributed by atoms with Gasteiger partial charge in [0, 0.05) is 16.5 Å². The lowest BCUT2D eigenvalue weighted by Gasteiger charge is -2.33. The predicted octanol–water partition coefficient (Wildman–Crippen LogP) is 3.76. The van der Waals surface area contributed by atoms with E-state index < -0.39 is 0 Å². The van der Waals surface area contributed by atoms with Crippen molar-refractivity contribution in [3.05, 3.63) is 87.0 Å². The van der Waals surface area contributed by atoms with E-state index >= 15 is 0 Å². The van der Waals surface area contributed by atoms with Gasteiger partial charge < -0.3 is 4.98 Å². The van der Waals surface area contributed by atoms with Crippen molar-refractivity contribution < 1.29 is 0 Å². The Bertz CT molecular complexity index is 1290. The Morgan fingerprint density at radius 3 is 2.59 bits per heavy atom. The van der Waals surface area contributed by atoms with Crippen LogP contribution in [0.4, 0.5) is 0 Å². The first-order chi connectivity index (χ1) is 15.6. The zero-order valence-electron chi connectivity index (χ0n) is 18.6. The van der Waals surface area contributed by atoms with Crippen LogP contribution in [0.25, 0.3) is 10.9 Å². The lowest BCUT2D eigenvalue weighted by atomic mass is 9.98. The average Bonchev–Trinajstić information content (AvgIpc) is 3.23. The number of nitrogens with one attached hydrogen (secondary N) is 1. The van der Waals surface area contributed by atoms with E-state index in [9.17, 15) is 4.79 Å². The molecule has 0 spiro atoms. The van der Waals surface area contributed by atoms with Gasteiger partial charge in [-0.25, -0.2) is 4.68 Å². The number of rotatable bonds is 5. The molecule has 1 aliphatic heterocycles. The standard InChI is InChI=1S/C25H28N6O/c1-17-13-18(2)20-15-21(25(32)26-22(20)14-17)23(30-11-7-4-8-12-30)24-27-28-29-31(24)16-19-9-5-3-6-10-19/h3,5-6,9-10,13-15,23H,4,7-8,11-12,16H2,1-2H3,(H,26,32)/t23-/m0/s1.